The fraction of sp³-hybridized carbons (Fsp3) is 0.250. The molecule has 1 amide bonds. The Kier molecular flexibility index (Phi) is 7.20. The van der Waals surface area contributed by atoms with Crippen LogP contribution < -0.4 is 9.47 Å². The third kappa shape index (κ3) is 5.31. The fourth-order valence-corrected chi connectivity index (χ4v) is 4.74. The van der Waals surface area contributed by atoms with E-state index in [1.165, 1.54) is 27.2 Å². The van der Waals surface area contributed by atoms with Gasteiger partial charge in [0.2, 0.25) is 5.17 Å². The highest BCUT2D eigenvalue weighted by atomic mass is 32.2. The van der Waals surface area contributed by atoms with Crippen molar-refractivity contribution < 1.29 is 14.3 Å². The molecule has 2 aromatic carbocycles. The third-order valence-corrected chi connectivity index (χ3v) is 6.96. The molecule has 0 saturated carbocycles. The van der Waals surface area contributed by atoms with Crippen LogP contribution >= 0.6 is 23.5 Å². The summed E-state index contributed by atoms with van der Waals surface area (Å²) in [7, 11) is 1.58. The van der Waals surface area contributed by atoms with Crippen LogP contribution in [0.5, 0.6) is 11.5 Å². The summed E-state index contributed by atoms with van der Waals surface area (Å²) in [5, 5.41) is 15.5. The molecule has 0 atom stereocenters. The van der Waals surface area contributed by atoms with Crippen LogP contribution in [-0.2, 0) is 4.79 Å². The van der Waals surface area contributed by atoms with Crippen molar-refractivity contribution in [2.75, 3.05) is 19.5 Å². The molecule has 0 spiro atoms. The Morgan fingerprint density at radius 2 is 1.97 bits per heavy atom. The number of carbonyl (C=O) groups excluding carboxylic acids is 1. The molecule has 2 aliphatic heterocycles. The van der Waals surface area contributed by atoms with Gasteiger partial charge in [0, 0.05) is 10.6 Å². The second-order valence-electron chi connectivity index (χ2n) is 7.29. The van der Waals surface area contributed by atoms with Gasteiger partial charge < -0.3 is 9.47 Å². The lowest BCUT2D eigenvalue weighted by Crippen LogP contribution is -2.35. The molecule has 0 aliphatic carbocycles. The van der Waals surface area contributed by atoms with Gasteiger partial charge >= 0.3 is 0 Å². The molecule has 4 rings (SSSR count). The number of hydrogen-bond donors (Lipinski definition) is 1. The summed E-state index contributed by atoms with van der Waals surface area (Å²) >= 11 is 3.06. The molecule has 0 bridgehead atoms. The van der Waals surface area contributed by atoms with E-state index in [0.717, 1.165) is 17.2 Å². The van der Waals surface area contributed by atoms with Gasteiger partial charge in [-0.25, -0.2) is 0 Å². The van der Waals surface area contributed by atoms with Crippen molar-refractivity contribution in [3.05, 3.63) is 59.2 Å². The summed E-state index contributed by atoms with van der Waals surface area (Å²) in [6.07, 6.45) is 2.36. The normalized spacial score (nSPS) is 16.6. The Balaban J connectivity index is 1.43. The highest BCUT2D eigenvalue weighted by Gasteiger charge is 2.35. The maximum absolute atomic E-state index is 12.5. The van der Waals surface area contributed by atoms with Crippen LogP contribution in [0.1, 0.15) is 24.5 Å². The first-order valence-corrected chi connectivity index (χ1v) is 12.3. The topological polar surface area (TPSA) is 87.3 Å². The number of amides is 1. The Labute approximate surface area is 201 Å². The molecule has 0 aromatic heterocycles. The number of hydrogen-bond acceptors (Lipinski definition) is 7. The highest BCUT2D eigenvalue weighted by Crippen LogP contribution is 2.32. The zero-order valence-corrected chi connectivity index (χ0v) is 20.3. The monoisotopic (exact) mass is 480 g/mol. The zero-order valence-electron chi connectivity index (χ0n) is 18.6. The molecule has 2 aromatic rings. The lowest BCUT2D eigenvalue weighted by molar-refractivity contribution is -0.114. The quantitative estimate of drug-likeness (QED) is 0.317. The van der Waals surface area contributed by atoms with E-state index < -0.39 is 5.91 Å². The molecule has 0 fully saturated rings. The average Bonchev–Trinajstić information content (AvgIpc) is 3.24. The van der Waals surface area contributed by atoms with Crippen LogP contribution in [0, 0.1) is 12.3 Å². The predicted octanol–water partition coefficient (Wildman–Crippen LogP) is 5.20. The number of thioether (sulfide) groups is 2. The van der Waals surface area contributed by atoms with E-state index in [1.807, 2.05) is 19.1 Å². The number of aliphatic imine (C=N–C) groups is 1. The van der Waals surface area contributed by atoms with Gasteiger partial charge in [-0.1, -0.05) is 30.7 Å². The minimum absolute atomic E-state index is 0.0216. The van der Waals surface area contributed by atoms with Crippen molar-refractivity contribution in [1.29, 1.82) is 5.41 Å². The molecule has 0 radical (unpaired) electrons. The first-order chi connectivity index (χ1) is 16.0. The van der Waals surface area contributed by atoms with E-state index in [9.17, 15) is 4.79 Å². The number of amidine groups is 2. The average molecular weight is 481 g/mol. The lowest BCUT2D eigenvalue weighted by atomic mass is 10.1. The van der Waals surface area contributed by atoms with E-state index in [1.54, 1.807) is 31.0 Å². The van der Waals surface area contributed by atoms with Crippen molar-refractivity contribution in [2.45, 2.75) is 25.2 Å². The van der Waals surface area contributed by atoms with E-state index in [4.69, 9.17) is 14.9 Å². The molecule has 2 aliphatic rings. The van der Waals surface area contributed by atoms with E-state index >= 15 is 0 Å². The van der Waals surface area contributed by atoms with Crippen LogP contribution in [0.4, 0.5) is 0 Å². The zero-order chi connectivity index (χ0) is 23.4. The number of methoxy groups -OCH3 is 1. The van der Waals surface area contributed by atoms with Crippen LogP contribution in [0.2, 0.25) is 0 Å². The number of aryl methyl sites for hydroxylation is 1. The maximum atomic E-state index is 12.5. The Morgan fingerprint density at radius 3 is 2.70 bits per heavy atom. The van der Waals surface area contributed by atoms with Gasteiger partial charge in [0.25, 0.3) is 5.91 Å². The maximum Gasteiger partial charge on any atom is 0.283 e. The van der Waals surface area contributed by atoms with Crippen molar-refractivity contribution in [3.8, 4) is 11.5 Å². The van der Waals surface area contributed by atoms with E-state index in [0.29, 0.717) is 28.8 Å². The van der Waals surface area contributed by atoms with Crippen molar-refractivity contribution in [1.82, 2.24) is 5.01 Å². The number of nitrogens with one attached hydrogen (secondary N) is 1. The number of ether oxygens (including phenoxy) is 2. The number of benzene rings is 2. The summed E-state index contributed by atoms with van der Waals surface area (Å²) < 4.78 is 11.4. The molecule has 9 heteroatoms. The van der Waals surface area contributed by atoms with Crippen LogP contribution in [0.3, 0.4) is 0 Å². The minimum atomic E-state index is -0.446. The summed E-state index contributed by atoms with van der Waals surface area (Å²) in [5.41, 5.74) is 2.14. The van der Waals surface area contributed by atoms with E-state index in [2.05, 4.69) is 41.3 Å². The minimum Gasteiger partial charge on any atom is -0.493 e. The van der Waals surface area contributed by atoms with Gasteiger partial charge in [-0.15, -0.1) is 11.8 Å². The van der Waals surface area contributed by atoms with Gasteiger partial charge in [0.05, 0.1) is 19.3 Å². The second kappa shape index (κ2) is 10.3. The fourth-order valence-electron chi connectivity index (χ4n) is 3.18. The van der Waals surface area contributed by atoms with Crippen LogP contribution in [0.25, 0.3) is 6.08 Å². The Bertz CT molecular complexity index is 1170. The molecular weight excluding hydrogens is 456 g/mol. The van der Waals surface area contributed by atoms with Gasteiger partial charge in [-0.3, -0.25) is 10.2 Å². The second-order valence-corrected chi connectivity index (χ2v) is 9.50. The largest absolute Gasteiger partial charge is 0.493 e. The molecule has 2 heterocycles. The highest BCUT2D eigenvalue weighted by molar-refractivity contribution is 8.26. The molecule has 170 valence electrons. The van der Waals surface area contributed by atoms with Gasteiger partial charge in [-0.2, -0.15) is 15.1 Å². The van der Waals surface area contributed by atoms with Gasteiger partial charge in [0.15, 0.2) is 17.3 Å². The number of carbonyl (C=O) groups is 1. The lowest BCUT2D eigenvalue weighted by Gasteiger charge is -2.20. The molecule has 33 heavy (non-hydrogen) atoms. The third-order valence-electron chi connectivity index (χ3n) is 4.93. The van der Waals surface area contributed by atoms with Crippen LogP contribution in [0.15, 0.2) is 63.0 Å². The van der Waals surface area contributed by atoms with Crippen molar-refractivity contribution in [3.63, 3.8) is 0 Å². The Morgan fingerprint density at radius 1 is 1.18 bits per heavy atom. The van der Waals surface area contributed by atoms with Crippen LogP contribution in [-0.4, -0.2) is 46.4 Å². The SMILES string of the molecule is CCC1=NN2C(=N)C(=Cc3ccc(OCCSc4ccc(C)cc4)c(OC)c3)C(=O)N=C2S1. The van der Waals surface area contributed by atoms with Gasteiger partial charge in [-0.05, 0) is 61.0 Å². The number of rotatable bonds is 8. The Hall–Kier alpha value is -3.04. The first kappa shape index (κ1) is 23.1. The number of fused-ring (bicyclic) bond motifs is 1. The summed E-state index contributed by atoms with van der Waals surface area (Å²) in [4.78, 5) is 17.8. The van der Waals surface area contributed by atoms with Crippen molar-refractivity contribution >= 4 is 51.6 Å². The molecule has 7 nitrogen and oxygen atoms in total. The molecule has 1 N–H and O–H groups in total. The standard InChI is InChI=1S/C24H24N4O3S2/c1-4-21-27-28-22(25)18(23(29)26-24(28)33-21)13-16-7-10-19(20(14-16)30-3)31-11-12-32-17-8-5-15(2)6-9-17/h5-10,13-14,25H,4,11-12H2,1-3H3. The summed E-state index contributed by atoms with van der Waals surface area (Å²) in [6, 6.07) is 13.8. The molecule has 0 saturated heterocycles. The molecular formula is C24H24N4O3S2. The molecule has 0 unspecified atom stereocenters. The summed E-state index contributed by atoms with van der Waals surface area (Å²) in [6.45, 7) is 4.58. The summed E-state index contributed by atoms with van der Waals surface area (Å²) in [5.74, 6) is 1.57. The van der Waals surface area contributed by atoms with Crippen molar-refractivity contribution in [2.24, 2.45) is 10.1 Å². The predicted molar refractivity (Wildman–Crippen MR) is 136 cm³/mol. The number of hydrazone groups is 1. The number of nitrogens with zero attached hydrogens (tertiary/aromatic N) is 3. The van der Waals surface area contributed by atoms with Gasteiger partial charge in [0.1, 0.15) is 5.04 Å². The first-order valence-electron chi connectivity index (χ1n) is 10.5. The smallest absolute Gasteiger partial charge is 0.283 e. The van der Waals surface area contributed by atoms with E-state index in [-0.39, 0.29) is 11.4 Å².